The van der Waals surface area contributed by atoms with Crippen LogP contribution in [-0.2, 0) is 27.3 Å². The van der Waals surface area contributed by atoms with Gasteiger partial charge in [0.25, 0.3) is 5.91 Å². The number of hydrogen-bond acceptors (Lipinski definition) is 10. The summed E-state index contributed by atoms with van der Waals surface area (Å²) in [5.74, 6) is -7.16. The summed E-state index contributed by atoms with van der Waals surface area (Å²) in [4.78, 5) is 56.5. The fraction of sp³-hybridized carbons (Fsp3) is 0.533. The number of Topliss-reactive ketones (excluding diaryl/α,β-unsaturated/α-hetero) is 2. The van der Waals surface area contributed by atoms with Gasteiger partial charge in [-0.1, -0.05) is 20.8 Å². The van der Waals surface area contributed by atoms with E-state index >= 15 is 0 Å². The number of carbonyl (C=O) groups is 4. The Labute approximate surface area is 250 Å². The van der Waals surface area contributed by atoms with Gasteiger partial charge >= 0.3 is 6.03 Å². The number of anilines is 1. The van der Waals surface area contributed by atoms with E-state index in [-0.39, 0.29) is 53.8 Å². The van der Waals surface area contributed by atoms with Gasteiger partial charge in [0.2, 0.25) is 5.78 Å². The molecule has 43 heavy (non-hydrogen) atoms. The van der Waals surface area contributed by atoms with Gasteiger partial charge in [0, 0.05) is 43.4 Å². The molecule has 1 saturated carbocycles. The van der Waals surface area contributed by atoms with Crippen LogP contribution in [0.25, 0.3) is 5.76 Å². The number of nitrogens with two attached hydrogens (primary N) is 2. The predicted octanol–water partition coefficient (Wildman–Crippen LogP) is 0.957. The van der Waals surface area contributed by atoms with Gasteiger partial charge in [-0.2, -0.15) is 0 Å². The van der Waals surface area contributed by atoms with Crippen LogP contribution in [0.15, 0.2) is 23.0 Å². The maximum atomic E-state index is 14.1. The molecule has 0 radical (unpaired) electrons. The lowest BCUT2D eigenvalue weighted by molar-refractivity contribution is -0.153. The van der Waals surface area contributed by atoms with Crippen LogP contribution in [0.2, 0.25) is 0 Å². The van der Waals surface area contributed by atoms with Crippen LogP contribution in [0.3, 0.4) is 0 Å². The van der Waals surface area contributed by atoms with Crippen LogP contribution in [-0.4, -0.2) is 100 Å². The third kappa shape index (κ3) is 4.99. The van der Waals surface area contributed by atoms with Crippen molar-refractivity contribution < 1.29 is 39.6 Å². The van der Waals surface area contributed by atoms with Crippen LogP contribution in [0.4, 0.5) is 10.5 Å². The highest BCUT2D eigenvalue weighted by molar-refractivity contribution is 6.24. The molecule has 1 aromatic carbocycles. The van der Waals surface area contributed by atoms with E-state index in [1.165, 1.54) is 9.80 Å². The topological polar surface area (TPSA) is 211 Å². The Bertz CT molecular complexity index is 1490. The zero-order valence-electron chi connectivity index (χ0n) is 25.6. The molecule has 234 valence electrons. The Morgan fingerprint density at radius 1 is 1.07 bits per heavy atom. The molecule has 0 spiro atoms. The fourth-order valence-corrected chi connectivity index (χ4v) is 6.86. The van der Waals surface area contributed by atoms with Crippen molar-refractivity contribution >= 4 is 35.0 Å². The first-order valence-electron chi connectivity index (χ1n) is 14.0. The van der Waals surface area contributed by atoms with E-state index in [2.05, 4.69) is 0 Å². The molecule has 0 aliphatic heterocycles. The second-order valence-corrected chi connectivity index (χ2v) is 13.4. The second kappa shape index (κ2) is 10.6. The van der Waals surface area contributed by atoms with E-state index in [9.17, 15) is 39.6 Å². The number of aliphatic hydroxyl groups is 3. The number of carbonyl (C=O) groups excluding carboxylic acids is 4. The summed E-state index contributed by atoms with van der Waals surface area (Å²) in [7, 11) is 6.64. The second-order valence-electron chi connectivity index (χ2n) is 13.4. The molecule has 13 nitrogen and oxygen atoms in total. The number of benzene rings is 1. The standard InChI is InChI=1S/C30H41N5O8/c1-29(2,3)12-35(28(32)42)11-14-10-17(33(4)5)15-8-13-9-16-21(34(6)7)24(38)20(27(31)41)26(40)30(16,43)25(39)18(13)23(37)19(15)22(14)36/h10,13,16,21,36-37,40,43H,8-9,11-12H2,1-7H3,(H2,31,41)(H2,32,42)/t13?,16-,21-,30-/m0/s1. The molecular weight excluding hydrogens is 558 g/mol. The molecule has 0 aromatic heterocycles. The summed E-state index contributed by atoms with van der Waals surface area (Å²) in [6.07, 6.45) is 0.138. The third-order valence-electron chi connectivity index (χ3n) is 8.60. The van der Waals surface area contributed by atoms with Crippen molar-refractivity contribution in [2.45, 2.75) is 51.8 Å². The molecular formula is C30H41N5O8. The lowest BCUT2D eigenvalue weighted by Crippen LogP contribution is -2.65. The van der Waals surface area contributed by atoms with Gasteiger partial charge in [0.1, 0.15) is 22.8 Å². The van der Waals surface area contributed by atoms with Gasteiger partial charge in [0.15, 0.2) is 11.4 Å². The summed E-state index contributed by atoms with van der Waals surface area (Å²) < 4.78 is 0. The maximum Gasteiger partial charge on any atom is 0.315 e. The van der Waals surface area contributed by atoms with Crippen LogP contribution in [0.5, 0.6) is 5.75 Å². The van der Waals surface area contributed by atoms with Gasteiger partial charge in [-0.05, 0) is 49.9 Å². The number of hydrogen-bond donors (Lipinski definition) is 6. The minimum atomic E-state index is -2.72. The van der Waals surface area contributed by atoms with Crippen LogP contribution >= 0.6 is 0 Å². The molecule has 3 amide bonds. The lowest BCUT2D eigenvalue weighted by Gasteiger charge is -2.50. The minimum Gasteiger partial charge on any atom is -0.508 e. The minimum absolute atomic E-state index is 0.0117. The summed E-state index contributed by atoms with van der Waals surface area (Å²) in [6, 6.07) is -0.164. The molecule has 0 heterocycles. The van der Waals surface area contributed by atoms with E-state index in [1.807, 2.05) is 20.8 Å². The van der Waals surface area contributed by atoms with Gasteiger partial charge in [-0.3, -0.25) is 19.3 Å². The van der Waals surface area contributed by atoms with Crippen molar-refractivity contribution in [2.75, 3.05) is 39.6 Å². The molecule has 1 fully saturated rings. The molecule has 0 bridgehead atoms. The summed E-state index contributed by atoms with van der Waals surface area (Å²) in [6.45, 7) is 5.97. The molecule has 1 unspecified atom stereocenters. The summed E-state index contributed by atoms with van der Waals surface area (Å²) >= 11 is 0. The number of phenolic OH excluding ortho intramolecular Hbond substituents is 1. The highest BCUT2D eigenvalue weighted by Gasteiger charge is 2.64. The molecule has 3 aliphatic carbocycles. The van der Waals surface area contributed by atoms with E-state index in [0.29, 0.717) is 11.3 Å². The number of fused-ring (bicyclic) bond motifs is 3. The molecule has 3 aliphatic rings. The number of likely N-dealkylation sites (N-methyl/N-ethyl adjacent to an activating group) is 1. The normalized spacial score (nSPS) is 25.4. The fourth-order valence-electron chi connectivity index (χ4n) is 6.86. The summed E-state index contributed by atoms with van der Waals surface area (Å²) in [5, 5.41) is 46.0. The number of phenols is 1. The Hall–Kier alpha value is -4.10. The number of aliphatic hydroxyl groups excluding tert-OH is 2. The Morgan fingerprint density at radius 3 is 2.16 bits per heavy atom. The number of nitrogens with zero attached hydrogens (tertiary/aromatic N) is 3. The first kappa shape index (κ1) is 31.8. The van der Waals surface area contributed by atoms with Crippen molar-refractivity contribution in [3.8, 4) is 5.75 Å². The van der Waals surface area contributed by atoms with Gasteiger partial charge in [0.05, 0.1) is 18.2 Å². The molecule has 8 N–H and O–H groups in total. The zero-order chi connectivity index (χ0) is 32.5. The van der Waals surface area contributed by atoms with E-state index < -0.39 is 64.1 Å². The highest BCUT2D eigenvalue weighted by Crippen LogP contribution is 2.54. The molecule has 4 rings (SSSR count). The van der Waals surface area contributed by atoms with Gasteiger partial charge in [-0.15, -0.1) is 0 Å². The molecule has 1 aromatic rings. The van der Waals surface area contributed by atoms with E-state index in [1.54, 1.807) is 39.2 Å². The molecule has 4 atom stereocenters. The highest BCUT2D eigenvalue weighted by atomic mass is 16.3. The number of primary amides is 2. The zero-order valence-corrected chi connectivity index (χ0v) is 25.6. The number of rotatable bonds is 6. The van der Waals surface area contributed by atoms with E-state index in [4.69, 9.17) is 11.5 Å². The summed E-state index contributed by atoms with van der Waals surface area (Å²) in [5.41, 5.74) is 8.25. The average Bonchev–Trinajstić information content (AvgIpc) is 2.85. The quantitative estimate of drug-likeness (QED) is 0.255. The average molecular weight is 600 g/mol. The lowest BCUT2D eigenvalue weighted by atomic mass is 9.57. The number of ketones is 2. The van der Waals surface area contributed by atoms with Gasteiger partial charge in [-0.25, -0.2) is 4.79 Å². The smallest absolute Gasteiger partial charge is 0.315 e. The number of urea groups is 1. The monoisotopic (exact) mass is 599 g/mol. The Kier molecular flexibility index (Phi) is 7.82. The SMILES string of the molecule is CN(C)c1cc(CN(CC(C)(C)C)C(N)=O)c(O)c2c1CC1C[C@H]3[C@H](N(C)C)C(=O)C(C(N)=O)=C(O)[C@@]3(O)C(=O)C1=C2O. The van der Waals surface area contributed by atoms with Crippen molar-refractivity contribution in [1.82, 2.24) is 9.80 Å². The van der Waals surface area contributed by atoms with Crippen molar-refractivity contribution in [1.29, 1.82) is 0 Å². The predicted molar refractivity (Wildman–Crippen MR) is 158 cm³/mol. The van der Waals surface area contributed by atoms with Crippen LogP contribution in [0, 0.1) is 17.3 Å². The first-order chi connectivity index (χ1) is 19.7. The number of aromatic hydroxyl groups is 1. The van der Waals surface area contributed by atoms with Crippen LogP contribution < -0.4 is 16.4 Å². The molecule has 0 saturated heterocycles. The van der Waals surface area contributed by atoms with Gasteiger partial charge < -0.3 is 41.7 Å². The third-order valence-corrected chi connectivity index (χ3v) is 8.60. The van der Waals surface area contributed by atoms with Crippen LogP contribution in [0.1, 0.15) is 43.9 Å². The van der Waals surface area contributed by atoms with Crippen molar-refractivity contribution in [2.24, 2.45) is 28.7 Å². The van der Waals surface area contributed by atoms with Crippen molar-refractivity contribution in [3.05, 3.63) is 39.7 Å². The first-order valence-corrected chi connectivity index (χ1v) is 14.0. The maximum absolute atomic E-state index is 14.1. The Balaban J connectivity index is 1.94. The van der Waals surface area contributed by atoms with E-state index in [0.717, 1.165) is 0 Å². The number of amides is 3. The molecule has 13 heteroatoms. The Morgan fingerprint density at radius 2 is 1.67 bits per heavy atom. The largest absolute Gasteiger partial charge is 0.508 e. The van der Waals surface area contributed by atoms with Crippen molar-refractivity contribution in [3.63, 3.8) is 0 Å².